The van der Waals surface area contributed by atoms with Crippen molar-refractivity contribution in [2.75, 3.05) is 20.8 Å². The van der Waals surface area contributed by atoms with Crippen molar-refractivity contribution in [1.29, 1.82) is 0 Å². The Morgan fingerprint density at radius 3 is 2.76 bits per heavy atom. The van der Waals surface area contributed by atoms with Crippen molar-refractivity contribution in [2.45, 2.75) is 31.4 Å². The average molecular weight is 285 g/mol. The van der Waals surface area contributed by atoms with Gasteiger partial charge in [0.15, 0.2) is 0 Å². The minimum Gasteiger partial charge on any atom is -0.497 e. The molecule has 2 aromatic rings. The number of ether oxygens (including phenoxy) is 2. The zero-order valence-corrected chi connectivity index (χ0v) is 12.8. The van der Waals surface area contributed by atoms with Gasteiger partial charge in [-0.05, 0) is 60.8 Å². The molecule has 1 aliphatic rings. The average Bonchev–Trinajstić information content (AvgIpc) is 3.04. The fourth-order valence-electron chi connectivity index (χ4n) is 3.10. The lowest BCUT2D eigenvalue weighted by atomic mass is 9.97. The van der Waals surface area contributed by atoms with E-state index in [1.807, 2.05) is 13.1 Å². The molecule has 0 spiro atoms. The smallest absolute Gasteiger partial charge is 0.119 e. The quantitative estimate of drug-likeness (QED) is 0.909. The second-order valence-corrected chi connectivity index (χ2v) is 5.68. The van der Waals surface area contributed by atoms with Gasteiger partial charge in [0.2, 0.25) is 0 Å². The van der Waals surface area contributed by atoms with Crippen LogP contribution in [-0.4, -0.2) is 26.9 Å². The highest BCUT2D eigenvalue weighted by Gasteiger charge is 2.21. The summed E-state index contributed by atoms with van der Waals surface area (Å²) in [5.41, 5.74) is 1.32. The predicted molar refractivity (Wildman–Crippen MR) is 85.9 cm³/mol. The Hall–Kier alpha value is -1.58. The molecule has 1 N–H and O–H groups in total. The van der Waals surface area contributed by atoms with Gasteiger partial charge in [-0.2, -0.15) is 0 Å². The lowest BCUT2D eigenvalue weighted by Gasteiger charge is -2.20. The minimum absolute atomic E-state index is 0.347. The van der Waals surface area contributed by atoms with Gasteiger partial charge >= 0.3 is 0 Å². The van der Waals surface area contributed by atoms with E-state index in [0.717, 1.165) is 18.8 Å². The highest BCUT2D eigenvalue weighted by atomic mass is 16.5. The van der Waals surface area contributed by atoms with Gasteiger partial charge in [0.1, 0.15) is 5.75 Å². The van der Waals surface area contributed by atoms with Crippen LogP contribution in [0.3, 0.4) is 0 Å². The van der Waals surface area contributed by atoms with Crippen LogP contribution < -0.4 is 10.1 Å². The van der Waals surface area contributed by atoms with Crippen molar-refractivity contribution < 1.29 is 9.47 Å². The molecule has 0 amide bonds. The topological polar surface area (TPSA) is 30.5 Å². The molecule has 1 heterocycles. The van der Waals surface area contributed by atoms with Crippen LogP contribution in [0.25, 0.3) is 10.8 Å². The summed E-state index contributed by atoms with van der Waals surface area (Å²) < 4.78 is 11.0. The number of fused-ring (bicyclic) bond motifs is 1. The standard InChI is InChI=1S/C18H23NO2/c1-19-18(12-17-4-3-9-21-17)15-6-5-14-11-16(20-2)8-7-13(14)10-15/h5-8,10-11,17-19H,3-4,9,12H2,1-2H3. The van der Waals surface area contributed by atoms with E-state index in [9.17, 15) is 0 Å². The van der Waals surface area contributed by atoms with E-state index in [0.29, 0.717) is 12.1 Å². The third kappa shape index (κ3) is 3.20. The van der Waals surface area contributed by atoms with Crippen LogP contribution >= 0.6 is 0 Å². The van der Waals surface area contributed by atoms with E-state index >= 15 is 0 Å². The maximum absolute atomic E-state index is 5.77. The van der Waals surface area contributed by atoms with Crippen LogP contribution in [0.4, 0.5) is 0 Å². The third-order valence-corrected chi connectivity index (χ3v) is 4.34. The van der Waals surface area contributed by atoms with Crippen LogP contribution in [0, 0.1) is 0 Å². The molecule has 1 aliphatic heterocycles. The van der Waals surface area contributed by atoms with Crippen molar-refractivity contribution in [2.24, 2.45) is 0 Å². The van der Waals surface area contributed by atoms with E-state index < -0.39 is 0 Å². The maximum Gasteiger partial charge on any atom is 0.119 e. The van der Waals surface area contributed by atoms with Gasteiger partial charge in [-0.3, -0.25) is 0 Å². The van der Waals surface area contributed by atoms with Gasteiger partial charge in [0.25, 0.3) is 0 Å². The first-order chi connectivity index (χ1) is 10.3. The number of rotatable bonds is 5. The molecule has 0 bridgehead atoms. The molecule has 0 saturated carbocycles. The van der Waals surface area contributed by atoms with Gasteiger partial charge in [-0.15, -0.1) is 0 Å². The van der Waals surface area contributed by atoms with Crippen molar-refractivity contribution in [3.05, 3.63) is 42.0 Å². The molecule has 3 heteroatoms. The second-order valence-electron chi connectivity index (χ2n) is 5.68. The Labute approximate surface area is 126 Å². The summed E-state index contributed by atoms with van der Waals surface area (Å²) >= 11 is 0. The maximum atomic E-state index is 5.77. The third-order valence-electron chi connectivity index (χ3n) is 4.34. The van der Waals surface area contributed by atoms with E-state index in [1.165, 1.54) is 29.2 Å². The number of nitrogens with one attached hydrogen (secondary N) is 1. The van der Waals surface area contributed by atoms with Crippen molar-refractivity contribution >= 4 is 10.8 Å². The Balaban J connectivity index is 1.84. The molecule has 2 atom stereocenters. The largest absolute Gasteiger partial charge is 0.497 e. The van der Waals surface area contributed by atoms with E-state index in [-0.39, 0.29) is 0 Å². The van der Waals surface area contributed by atoms with Crippen molar-refractivity contribution in [3.8, 4) is 5.75 Å². The first kappa shape index (κ1) is 14.4. The number of methoxy groups -OCH3 is 1. The second kappa shape index (κ2) is 6.46. The summed E-state index contributed by atoms with van der Waals surface area (Å²) in [6.07, 6.45) is 3.81. The Morgan fingerprint density at radius 2 is 2.05 bits per heavy atom. The zero-order chi connectivity index (χ0) is 14.7. The summed E-state index contributed by atoms with van der Waals surface area (Å²) in [7, 11) is 3.73. The SMILES string of the molecule is CNC(CC1CCCO1)c1ccc2cc(OC)ccc2c1. The van der Waals surface area contributed by atoms with Crippen LogP contribution in [0.15, 0.2) is 36.4 Å². The summed E-state index contributed by atoms with van der Waals surface area (Å²) in [5.74, 6) is 0.903. The summed E-state index contributed by atoms with van der Waals surface area (Å²) in [4.78, 5) is 0. The van der Waals surface area contributed by atoms with Gasteiger partial charge in [-0.1, -0.05) is 18.2 Å². The van der Waals surface area contributed by atoms with E-state index in [1.54, 1.807) is 7.11 Å². The molecule has 2 unspecified atom stereocenters. The monoisotopic (exact) mass is 285 g/mol. The lowest BCUT2D eigenvalue weighted by Crippen LogP contribution is -2.22. The van der Waals surface area contributed by atoms with Crippen molar-refractivity contribution in [3.63, 3.8) is 0 Å². The summed E-state index contributed by atoms with van der Waals surface area (Å²) in [5, 5.41) is 5.89. The lowest BCUT2D eigenvalue weighted by molar-refractivity contribution is 0.0954. The molecule has 2 aromatic carbocycles. The molecule has 1 saturated heterocycles. The van der Waals surface area contributed by atoms with Gasteiger partial charge in [0.05, 0.1) is 13.2 Å². The number of hydrogen-bond acceptors (Lipinski definition) is 3. The van der Waals surface area contributed by atoms with Crippen LogP contribution in [0.2, 0.25) is 0 Å². The zero-order valence-electron chi connectivity index (χ0n) is 12.8. The molecule has 0 radical (unpaired) electrons. The molecule has 0 aliphatic carbocycles. The predicted octanol–water partition coefficient (Wildman–Crippen LogP) is 3.68. The Kier molecular flexibility index (Phi) is 4.42. The Bertz CT molecular complexity index is 605. The highest BCUT2D eigenvalue weighted by molar-refractivity contribution is 5.84. The number of benzene rings is 2. The van der Waals surface area contributed by atoms with Gasteiger partial charge in [-0.25, -0.2) is 0 Å². The first-order valence-corrected chi connectivity index (χ1v) is 7.66. The molecule has 3 rings (SSSR count). The molecule has 21 heavy (non-hydrogen) atoms. The highest BCUT2D eigenvalue weighted by Crippen LogP contribution is 2.28. The normalized spacial score (nSPS) is 19.8. The van der Waals surface area contributed by atoms with Crippen LogP contribution in [0.5, 0.6) is 5.75 Å². The minimum atomic E-state index is 0.347. The van der Waals surface area contributed by atoms with E-state index in [4.69, 9.17) is 9.47 Å². The fraction of sp³-hybridized carbons (Fsp3) is 0.444. The summed E-state index contributed by atoms with van der Waals surface area (Å²) in [6, 6.07) is 13.2. The fourth-order valence-corrected chi connectivity index (χ4v) is 3.10. The van der Waals surface area contributed by atoms with E-state index in [2.05, 4.69) is 35.6 Å². The molecular weight excluding hydrogens is 262 g/mol. The molecule has 112 valence electrons. The van der Waals surface area contributed by atoms with Gasteiger partial charge in [0, 0.05) is 12.6 Å². The first-order valence-electron chi connectivity index (χ1n) is 7.66. The molecule has 1 fully saturated rings. The van der Waals surface area contributed by atoms with Crippen LogP contribution in [-0.2, 0) is 4.74 Å². The van der Waals surface area contributed by atoms with Gasteiger partial charge < -0.3 is 14.8 Å². The van der Waals surface area contributed by atoms with Crippen LogP contribution in [0.1, 0.15) is 30.9 Å². The molecule has 0 aromatic heterocycles. The van der Waals surface area contributed by atoms with Crippen molar-refractivity contribution in [1.82, 2.24) is 5.32 Å². The summed E-state index contributed by atoms with van der Waals surface area (Å²) in [6.45, 7) is 0.915. The molecular formula is C18H23NO2. The number of hydrogen-bond donors (Lipinski definition) is 1. The molecule has 3 nitrogen and oxygen atoms in total. The Morgan fingerprint density at radius 1 is 1.24 bits per heavy atom.